The summed E-state index contributed by atoms with van der Waals surface area (Å²) in [6.45, 7) is 5.01. The number of nitrogens with two attached hydrogens (primary N) is 1. The highest BCUT2D eigenvalue weighted by Crippen LogP contribution is 2.31. The molecule has 0 amide bonds. The molecule has 2 rings (SSSR count). The molecule has 1 fully saturated rings. The Labute approximate surface area is 113 Å². The van der Waals surface area contributed by atoms with Crippen LogP contribution in [-0.2, 0) is 4.74 Å². The summed E-state index contributed by atoms with van der Waals surface area (Å²) in [5, 5.41) is 9.88. The molecule has 1 saturated heterocycles. The Bertz CT molecular complexity index is 425. The minimum Gasteiger partial charge on any atom is -0.504 e. The monoisotopic (exact) mass is 266 g/mol. The second-order valence-electron chi connectivity index (χ2n) is 4.86. The molecule has 0 bridgehead atoms. The van der Waals surface area contributed by atoms with Gasteiger partial charge in [-0.2, -0.15) is 0 Å². The predicted octanol–water partition coefficient (Wildman–Crippen LogP) is 1.12. The zero-order chi connectivity index (χ0) is 13.8. The normalized spacial score (nSPS) is 22.2. The van der Waals surface area contributed by atoms with Crippen molar-refractivity contribution in [3.05, 3.63) is 23.8 Å². The number of hydrogen-bond donors (Lipinski definition) is 2. The first-order valence-corrected chi connectivity index (χ1v) is 6.58. The van der Waals surface area contributed by atoms with Crippen LogP contribution >= 0.6 is 0 Å². The number of methoxy groups -OCH3 is 1. The molecule has 2 atom stereocenters. The zero-order valence-corrected chi connectivity index (χ0v) is 11.5. The van der Waals surface area contributed by atoms with Gasteiger partial charge >= 0.3 is 0 Å². The Hall–Kier alpha value is -1.30. The molecule has 0 radical (unpaired) electrons. The maximum absolute atomic E-state index is 9.88. The molecule has 0 saturated carbocycles. The average molecular weight is 266 g/mol. The number of aromatic hydroxyl groups is 1. The average Bonchev–Trinajstić information content (AvgIpc) is 2.40. The largest absolute Gasteiger partial charge is 0.504 e. The number of ether oxygens (including phenoxy) is 2. The van der Waals surface area contributed by atoms with Crippen LogP contribution in [0.2, 0.25) is 0 Å². The second-order valence-corrected chi connectivity index (χ2v) is 4.86. The van der Waals surface area contributed by atoms with Crippen molar-refractivity contribution in [1.29, 1.82) is 0 Å². The number of morpholine rings is 1. The lowest BCUT2D eigenvalue weighted by molar-refractivity contribution is -0.0333. The van der Waals surface area contributed by atoms with Gasteiger partial charge in [0.1, 0.15) is 0 Å². The van der Waals surface area contributed by atoms with Crippen molar-refractivity contribution in [2.45, 2.75) is 19.1 Å². The van der Waals surface area contributed by atoms with Gasteiger partial charge in [-0.3, -0.25) is 4.90 Å². The standard InChI is InChI=1S/C14H22N2O3/c1-10-9-16(5-6-19-10)12(8-15)11-3-4-14(18-2)13(17)7-11/h3-4,7,10,12,17H,5-6,8-9,15H2,1-2H3. The fourth-order valence-electron chi connectivity index (χ4n) is 2.54. The van der Waals surface area contributed by atoms with Crippen molar-refractivity contribution in [2.24, 2.45) is 5.73 Å². The smallest absolute Gasteiger partial charge is 0.160 e. The summed E-state index contributed by atoms with van der Waals surface area (Å²) >= 11 is 0. The topological polar surface area (TPSA) is 68.0 Å². The number of phenols is 1. The van der Waals surface area contributed by atoms with Crippen LogP contribution in [0.25, 0.3) is 0 Å². The van der Waals surface area contributed by atoms with Crippen molar-refractivity contribution < 1.29 is 14.6 Å². The first-order valence-electron chi connectivity index (χ1n) is 6.58. The molecule has 1 aromatic rings. The molecule has 1 aromatic carbocycles. The molecular weight excluding hydrogens is 244 g/mol. The third-order valence-corrected chi connectivity index (χ3v) is 3.52. The van der Waals surface area contributed by atoms with Gasteiger partial charge < -0.3 is 20.3 Å². The van der Waals surface area contributed by atoms with Gasteiger partial charge in [-0.25, -0.2) is 0 Å². The van der Waals surface area contributed by atoms with Crippen LogP contribution < -0.4 is 10.5 Å². The van der Waals surface area contributed by atoms with Gasteiger partial charge in [0.25, 0.3) is 0 Å². The van der Waals surface area contributed by atoms with Gasteiger partial charge in [-0.1, -0.05) is 6.07 Å². The highest BCUT2D eigenvalue weighted by Gasteiger charge is 2.25. The first kappa shape index (κ1) is 14.1. The Balaban J connectivity index is 2.19. The number of phenolic OH excluding ortho intramolecular Hbond substituents is 1. The number of hydrogen-bond acceptors (Lipinski definition) is 5. The van der Waals surface area contributed by atoms with Gasteiger partial charge in [0, 0.05) is 25.7 Å². The van der Waals surface area contributed by atoms with Crippen molar-refractivity contribution in [3.63, 3.8) is 0 Å². The summed E-state index contributed by atoms with van der Waals surface area (Å²) in [5.41, 5.74) is 6.92. The lowest BCUT2D eigenvalue weighted by atomic mass is 10.0. The van der Waals surface area contributed by atoms with Crippen molar-refractivity contribution in [3.8, 4) is 11.5 Å². The summed E-state index contributed by atoms with van der Waals surface area (Å²) in [4.78, 5) is 2.30. The molecule has 5 nitrogen and oxygen atoms in total. The van der Waals surface area contributed by atoms with E-state index >= 15 is 0 Å². The van der Waals surface area contributed by atoms with Crippen LogP contribution in [0.5, 0.6) is 11.5 Å². The minimum absolute atomic E-state index is 0.100. The van der Waals surface area contributed by atoms with Crippen LogP contribution in [-0.4, -0.2) is 49.5 Å². The maximum Gasteiger partial charge on any atom is 0.160 e. The molecule has 5 heteroatoms. The predicted molar refractivity (Wildman–Crippen MR) is 73.4 cm³/mol. The maximum atomic E-state index is 9.88. The summed E-state index contributed by atoms with van der Waals surface area (Å²) in [5.74, 6) is 0.634. The summed E-state index contributed by atoms with van der Waals surface area (Å²) in [6.07, 6.45) is 0.217. The Morgan fingerprint density at radius 1 is 1.58 bits per heavy atom. The Kier molecular flexibility index (Phi) is 4.63. The molecule has 0 aliphatic carbocycles. The molecule has 19 heavy (non-hydrogen) atoms. The number of nitrogens with zero attached hydrogens (tertiary/aromatic N) is 1. The van der Waals surface area contributed by atoms with Crippen LogP contribution in [0.3, 0.4) is 0 Å². The van der Waals surface area contributed by atoms with Gasteiger partial charge in [-0.15, -0.1) is 0 Å². The summed E-state index contributed by atoms with van der Waals surface area (Å²) < 4.78 is 10.6. The van der Waals surface area contributed by atoms with Crippen LogP contribution in [0, 0.1) is 0 Å². The van der Waals surface area contributed by atoms with Crippen LogP contribution in [0.4, 0.5) is 0 Å². The van der Waals surface area contributed by atoms with Crippen molar-refractivity contribution in [1.82, 2.24) is 4.90 Å². The number of benzene rings is 1. The van der Waals surface area contributed by atoms with E-state index in [2.05, 4.69) is 11.8 Å². The Morgan fingerprint density at radius 2 is 2.37 bits per heavy atom. The fraction of sp³-hybridized carbons (Fsp3) is 0.571. The molecule has 0 spiro atoms. The summed E-state index contributed by atoms with van der Waals surface area (Å²) in [6, 6.07) is 5.56. The van der Waals surface area contributed by atoms with Crippen molar-refractivity contribution in [2.75, 3.05) is 33.4 Å². The van der Waals surface area contributed by atoms with Gasteiger partial charge in [0.05, 0.1) is 19.8 Å². The van der Waals surface area contributed by atoms with Crippen molar-refractivity contribution >= 4 is 0 Å². The highest BCUT2D eigenvalue weighted by atomic mass is 16.5. The first-order chi connectivity index (χ1) is 9.15. The van der Waals surface area contributed by atoms with E-state index < -0.39 is 0 Å². The van der Waals surface area contributed by atoms with E-state index in [4.69, 9.17) is 15.2 Å². The molecule has 0 aromatic heterocycles. The van der Waals surface area contributed by atoms with E-state index in [9.17, 15) is 5.11 Å². The molecule has 1 aliphatic heterocycles. The third kappa shape index (κ3) is 3.18. The minimum atomic E-state index is 0.100. The van der Waals surface area contributed by atoms with E-state index in [-0.39, 0.29) is 17.9 Å². The van der Waals surface area contributed by atoms with Gasteiger partial charge in [0.15, 0.2) is 11.5 Å². The molecule has 3 N–H and O–H groups in total. The highest BCUT2D eigenvalue weighted by molar-refractivity contribution is 5.42. The Morgan fingerprint density at radius 3 is 2.95 bits per heavy atom. The quantitative estimate of drug-likeness (QED) is 0.855. The van der Waals surface area contributed by atoms with Crippen LogP contribution in [0.1, 0.15) is 18.5 Å². The molecular formula is C14H22N2O3. The molecule has 2 unspecified atom stereocenters. The summed E-state index contributed by atoms with van der Waals surface area (Å²) in [7, 11) is 1.54. The molecule has 1 aliphatic rings. The lowest BCUT2D eigenvalue weighted by Gasteiger charge is -2.37. The third-order valence-electron chi connectivity index (χ3n) is 3.52. The van der Waals surface area contributed by atoms with E-state index in [1.807, 2.05) is 6.07 Å². The van der Waals surface area contributed by atoms with E-state index in [1.165, 1.54) is 0 Å². The second kappa shape index (κ2) is 6.23. The zero-order valence-electron chi connectivity index (χ0n) is 11.5. The molecule has 106 valence electrons. The fourth-order valence-corrected chi connectivity index (χ4v) is 2.54. The van der Waals surface area contributed by atoms with E-state index in [0.29, 0.717) is 12.3 Å². The number of rotatable bonds is 4. The molecule has 1 heterocycles. The SMILES string of the molecule is COc1ccc(C(CN)N2CCOC(C)C2)cc1O. The lowest BCUT2D eigenvalue weighted by Crippen LogP contribution is -2.45. The van der Waals surface area contributed by atoms with Gasteiger partial charge in [0.2, 0.25) is 0 Å². The van der Waals surface area contributed by atoms with E-state index in [0.717, 1.165) is 25.3 Å². The van der Waals surface area contributed by atoms with E-state index in [1.54, 1.807) is 19.2 Å². The van der Waals surface area contributed by atoms with Gasteiger partial charge in [-0.05, 0) is 24.6 Å². The van der Waals surface area contributed by atoms with Crippen LogP contribution in [0.15, 0.2) is 18.2 Å².